The highest BCUT2D eigenvalue weighted by molar-refractivity contribution is 6.31. The molecule has 0 radical (unpaired) electrons. The molecule has 1 aromatic carbocycles. The van der Waals surface area contributed by atoms with E-state index in [-0.39, 0.29) is 5.82 Å². The van der Waals surface area contributed by atoms with Gasteiger partial charge >= 0.3 is 0 Å². The van der Waals surface area contributed by atoms with Crippen molar-refractivity contribution in [3.63, 3.8) is 0 Å². The molecule has 0 amide bonds. The molecule has 1 fully saturated rings. The summed E-state index contributed by atoms with van der Waals surface area (Å²) in [6.45, 7) is 6.18. The molecule has 18 heavy (non-hydrogen) atoms. The fourth-order valence-electron chi connectivity index (χ4n) is 2.38. The average Bonchev–Trinajstić information content (AvgIpc) is 2.58. The van der Waals surface area contributed by atoms with Gasteiger partial charge in [0.15, 0.2) is 0 Å². The largest absolute Gasteiger partial charge is 0.313 e. The molecule has 1 N–H and O–H groups in total. The van der Waals surface area contributed by atoms with E-state index in [4.69, 9.17) is 11.6 Å². The van der Waals surface area contributed by atoms with Crippen LogP contribution in [0.4, 0.5) is 4.39 Å². The summed E-state index contributed by atoms with van der Waals surface area (Å²) in [6.07, 6.45) is 2.28. The lowest BCUT2D eigenvalue weighted by atomic mass is 10.1. The lowest BCUT2D eigenvalue weighted by molar-refractivity contribution is 0.257. The number of nitrogens with zero attached hydrogens (tertiary/aromatic N) is 1. The smallest absolute Gasteiger partial charge is 0.124 e. The normalized spacial score (nSPS) is 21.8. The molecule has 1 heterocycles. The van der Waals surface area contributed by atoms with Crippen LogP contribution in [0.5, 0.6) is 0 Å². The Bertz CT molecular complexity index is 397. The van der Waals surface area contributed by atoms with Gasteiger partial charge in [-0.05, 0) is 43.6 Å². The number of hydrogen-bond donors (Lipinski definition) is 1. The Labute approximate surface area is 113 Å². The fourth-order valence-corrected chi connectivity index (χ4v) is 2.61. The molecule has 1 atom stereocenters. The highest BCUT2D eigenvalue weighted by Gasteiger charge is 2.17. The molecule has 1 saturated heterocycles. The van der Waals surface area contributed by atoms with Crippen molar-refractivity contribution in [2.45, 2.75) is 32.4 Å². The molecule has 1 aliphatic rings. The van der Waals surface area contributed by atoms with Crippen molar-refractivity contribution in [2.24, 2.45) is 0 Å². The molecule has 0 bridgehead atoms. The van der Waals surface area contributed by atoms with Crippen LogP contribution in [0.1, 0.15) is 25.3 Å². The zero-order valence-corrected chi connectivity index (χ0v) is 11.5. The molecule has 2 rings (SSSR count). The van der Waals surface area contributed by atoms with Crippen LogP contribution in [0.3, 0.4) is 0 Å². The third-order valence-electron chi connectivity index (χ3n) is 3.46. The van der Waals surface area contributed by atoms with Gasteiger partial charge in [0.1, 0.15) is 5.82 Å². The Morgan fingerprint density at radius 1 is 1.50 bits per heavy atom. The second kappa shape index (κ2) is 6.50. The average molecular weight is 271 g/mol. The summed E-state index contributed by atoms with van der Waals surface area (Å²) in [5, 5.41) is 4.06. The molecule has 4 heteroatoms. The Hall–Kier alpha value is -0.640. The maximum Gasteiger partial charge on any atom is 0.124 e. The third kappa shape index (κ3) is 3.67. The van der Waals surface area contributed by atoms with Crippen LogP contribution in [0.2, 0.25) is 5.02 Å². The van der Waals surface area contributed by atoms with Crippen molar-refractivity contribution >= 4 is 11.6 Å². The molecule has 2 nitrogen and oxygen atoms in total. The Balaban J connectivity index is 2.02. The molecular formula is C14H20ClFN2. The zero-order chi connectivity index (χ0) is 13.0. The summed E-state index contributed by atoms with van der Waals surface area (Å²) in [6, 6.07) is 5.21. The summed E-state index contributed by atoms with van der Waals surface area (Å²) in [5.41, 5.74) is 1.01. The van der Waals surface area contributed by atoms with E-state index in [1.807, 2.05) is 0 Å². The lowest BCUT2D eigenvalue weighted by Gasteiger charge is -2.24. The van der Waals surface area contributed by atoms with E-state index in [0.717, 1.165) is 44.6 Å². The molecule has 0 saturated carbocycles. The van der Waals surface area contributed by atoms with Gasteiger partial charge in [0.25, 0.3) is 0 Å². The number of rotatable bonds is 3. The minimum absolute atomic E-state index is 0.271. The standard InChI is InChI=1S/C14H20ClFN2/c1-2-13-10-18(7-3-6-17-13)9-11-4-5-12(16)8-14(11)15/h4-5,8,13,17H,2-3,6-7,9-10H2,1H3. The van der Waals surface area contributed by atoms with Gasteiger partial charge in [-0.2, -0.15) is 0 Å². The molecule has 1 aromatic rings. The molecule has 100 valence electrons. The van der Waals surface area contributed by atoms with Crippen LogP contribution in [0.25, 0.3) is 0 Å². The summed E-state index contributed by atoms with van der Waals surface area (Å²) in [4.78, 5) is 2.40. The summed E-state index contributed by atoms with van der Waals surface area (Å²) in [7, 11) is 0. The minimum Gasteiger partial charge on any atom is -0.313 e. The molecule has 0 aromatic heterocycles. The maximum absolute atomic E-state index is 13.0. The van der Waals surface area contributed by atoms with Gasteiger partial charge < -0.3 is 5.32 Å². The van der Waals surface area contributed by atoms with Crippen LogP contribution in [-0.2, 0) is 6.54 Å². The van der Waals surface area contributed by atoms with Crippen molar-refractivity contribution in [3.05, 3.63) is 34.6 Å². The first-order valence-electron chi connectivity index (χ1n) is 6.58. The zero-order valence-electron chi connectivity index (χ0n) is 10.8. The first-order chi connectivity index (χ1) is 8.69. The summed E-state index contributed by atoms with van der Waals surface area (Å²) in [5.74, 6) is -0.271. The second-order valence-electron chi connectivity index (χ2n) is 4.88. The number of hydrogen-bond acceptors (Lipinski definition) is 2. The van der Waals surface area contributed by atoms with Gasteiger partial charge in [0, 0.05) is 24.2 Å². The predicted molar refractivity (Wildman–Crippen MR) is 73.4 cm³/mol. The van der Waals surface area contributed by atoms with E-state index in [1.54, 1.807) is 6.07 Å². The van der Waals surface area contributed by atoms with Gasteiger partial charge in [0.05, 0.1) is 0 Å². The Morgan fingerprint density at radius 3 is 3.06 bits per heavy atom. The lowest BCUT2D eigenvalue weighted by Crippen LogP contribution is -2.36. The van der Waals surface area contributed by atoms with Crippen molar-refractivity contribution in [1.29, 1.82) is 0 Å². The van der Waals surface area contributed by atoms with E-state index < -0.39 is 0 Å². The second-order valence-corrected chi connectivity index (χ2v) is 5.29. The quantitative estimate of drug-likeness (QED) is 0.908. The van der Waals surface area contributed by atoms with Crippen molar-refractivity contribution in [1.82, 2.24) is 10.2 Å². The van der Waals surface area contributed by atoms with Crippen LogP contribution >= 0.6 is 11.6 Å². The third-order valence-corrected chi connectivity index (χ3v) is 3.82. The molecule has 1 unspecified atom stereocenters. The summed E-state index contributed by atoms with van der Waals surface area (Å²) >= 11 is 6.08. The van der Waals surface area contributed by atoms with Crippen molar-refractivity contribution < 1.29 is 4.39 Å². The SMILES string of the molecule is CCC1CN(Cc2ccc(F)cc2Cl)CCCN1. The van der Waals surface area contributed by atoms with Crippen molar-refractivity contribution in [3.8, 4) is 0 Å². The maximum atomic E-state index is 13.0. The summed E-state index contributed by atoms with van der Waals surface area (Å²) < 4.78 is 13.0. The first-order valence-corrected chi connectivity index (χ1v) is 6.96. The van der Waals surface area contributed by atoms with Crippen LogP contribution in [0, 0.1) is 5.82 Å². The fraction of sp³-hybridized carbons (Fsp3) is 0.571. The van der Waals surface area contributed by atoms with Gasteiger partial charge in [-0.1, -0.05) is 24.6 Å². The van der Waals surface area contributed by atoms with Crippen LogP contribution in [0.15, 0.2) is 18.2 Å². The van der Waals surface area contributed by atoms with Crippen LogP contribution < -0.4 is 5.32 Å². The van der Waals surface area contributed by atoms with E-state index in [0.29, 0.717) is 11.1 Å². The highest BCUT2D eigenvalue weighted by atomic mass is 35.5. The number of nitrogens with one attached hydrogen (secondary N) is 1. The van der Waals surface area contributed by atoms with Gasteiger partial charge in [0.2, 0.25) is 0 Å². The van der Waals surface area contributed by atoms with Gasteiger partial charge in [-0.15, -0.1) is 0 Å². The Kier molecular flexibility index (Phi) is 4.98. The van der Waals surface area contributed by atoms with Crippen LogP contribution in [-0.4, -0.2) is 30.6 Å². The molecule has 1 aliphatic heterocycles. The first kappa shape index (κ1) is 13.8. The molecular weight excluding hydrogens is 251 g/mol. The van der Waals surface area contributed by atoms with Gasteiger partial charge in [-0.3, -0.25) is 4.90 Å². The van der Waals surface area contributed by atoms with E-state index in [1.165, 1.54) is 12.1 Å². The molecule has 0 aliphatic carbocycles. The minimum atomic E-state index is -0.271. The monoisotopic (exact) mass is 270 g/mol. The van der Waals surface area contributed by atoms with E-state index >= 15 is 0 Å². The molecule has 0 spiro atoms. The number of benzene rings is 1. The topological polar surface area (TPSA) is 15.3 Å². The van der Waals surface area contributed by atoms with E-state index in [2.05, 4.69) is 17.1 Å². The highest BCUT2D eigenvalue weighted by Crippen LogP contribution is 2.19. The van der Waals surface area contributed by atoms with Gasteiger partial charge in [-0.25, -0.2) is 4.39 Å². The number of halogens is 2. The van der Waals surface area contributed by atoms with Crippen molar-refractivity contribution in [2.75, 3.05) is 19.6 Å². The Morgan fingerprint density at radius 2 is 2.33 bits per heavy atom. The predicted octanol–water partition coefficient (Wildman–Crippen LogP) is 3.05. The van der Waals surface area contributed by atoms with E-state index in [9.17, 15) is 4.39 Å².